The van der Waals surface area contributed by atoms with E-state index in [0.717, 1.165) is 6.42 Å². The van der Waals surface area contributed by atoms with E-state index in [9.17, 15) is 4.79 Å². The van der Waals surface area contributed by atoms with E-state index in [2.05, 4.69) is 5.16 Å². The molecule has 2 rings (SSSR count). The average Bonchev–Trinajstić information content (AvgIpc) is 3.10. The number of rotatable bonds is 4. The van der Waals surface area contributed by atoms with Crippen molar-refractivity contribution in [3.05, 3.63) is 35.9 Å². The predicted molar refractivity (Wildman–Crippen MR) is 66.4 cm³/mol. The molecule has 0 radical (unpaired) electrons. The maximum Gasteiger partial charge on any atom is 0.184 e. The van der Waals surface area contributed by atoms with Crippen molar-refractivity contribution in [1.82, 2.24) is 0 Å². The first-order chi connectivity index (χ1) is 8.15. The number of carbonyl (C=O) groups excluding carboxylic acids is 1. The third-order valence-electron chi connectivity index (χ3n) is 3.26. The fraction of sp³-hybridized carbons (Fsp3) is 0.429. The average molecular weight is 231 g/mol. The standard InChI is InChI=1S/C14H17NO2/c1-9(2)13(15-17)14(16)12-8-11(12)10-6-4-3-5-7-10/h3-7,9,11-12,17H,8H2,1-2H3. The summed E-state index contributed by atoms with van der Waals surface area (Å²) in [7, 11) is 0. The van der Waals surface area contributed by atoms with Crippen LogP contribution in [0.1, 0.15) is 31.7 Å². The highest BCUT2D eigenvalue weighted by molar-refractivity contribution is 6.41. The lowest BCUT2D eigenvalue weighted by atomic mass is 9.99. The number of hydrogen-bond acceptors (Lipinski definition) is 3. The molecule has 0 aromatic heterocycles. The molecule has 3 nitrogen and oxygen atoms in total. The molecule has 0 heterocycles. The van der Waals surface area contributed by atoms with Gasteiger partial charge in [-0.2, -0.15) is 0 Å². The van der Waals surface area contributed by atoms with Crippen molar-refractivity contribution >= 4 is 11.5 Å². The Bertz CT molecular complexity index is 437. The lowest BCUT2D eigenvalue weighted by Gasteiger charge is -2.06. The number of oxime groups is 1. The van der Waals surface area contributed by atoms with Gasteiger partial charge in [0.2, 0.25) is 0 Å². The highest BCUT2D eigenvalue weighted by Crippen LogP contribution is 2.48. The monoisotopic (exact) mass is 231 g/mol. The second-order valence-corrected chi connectivity index (χ2v) is 4.86. The summed E-state index contributed by atoms with van der Waals surface area (Å²) >= 11 is 0. The molecule has 1 aromatic carbocycles. The van der Waals surface area contributed by atoms with Crippen LogP contribution in [0.15, 0.2) is 35.5 Å². The van der Waals surface area contributed by atoms with Gasteiger partial charge in [-0.15, -0.1) is 0 Å². The molecule has 1 N–H and O–H groups in total. The van der Waals surface area contributed by atoms with Crippen molar-refractivity contribution in [3.8, 4) is 0 Å². The topological polar surface area (TPSA) is 49.7 Å². The molecule has 0 amide bonds. The molecule has 2 atom stereocenters. The molecule has 3 heteroatoms. The first-order valence-electron chi connectivity index (χ1n) is 5.96. The molecular formula is C14H17NO2. The number of nitrogens with zero attached hydrogens (tertiary/aromatic N) is 1. The minimum atomic E-state index is -0.0236. The van der Waals surface area contributed by atoms with Crippen LogP contribution in [0.5, 0.6) is 0 Å². The Balaban J connectivity index is 2.07. The normalized spacial score (nSPS) is 23.8. The largest absolute Gasteiger partial charge is 0.411 e. The number of hydrogen-bond donors (Lipinski definition) is 1. The lowest BCUT2D eigenvalue weighted by molar-refractivity contribution is -0.114. The van der Waals surface area contributed by atoms with Crippen LogP contribution in [0.2, 0.25) is 0 Å². The van der Waals surface area contributed by atoms with Gasteiger partial charge in [0.05, 0.1) is 0 Å². The molecule has 90 valence electrons. The minimum absolute atomic E-state index is 0.00338. The molecule has 0 spiro atoms. The van der Waals surface area contributed by atoms with E-state index in [0.29, 0.717) is 11.6 Å². The Labute approximate surface area is 101 Å². The Hall–Kier alpha value is -1.64. The van der Waals surface area contributed by atoms with Gasteiger partial charge < -0.3 is 5.21 Å². The summed E-state index contributed by atoms with van der Waals surface area (Å²) in [5.41, 5.74) is 1.50. The van der Waals surface area contributed by atoms with E-state index in [1.807, 2.05) is 44.2 Å². The molecule has 1 fully saturated rings. The van der Waals surface area contributed by atoms with E-state index >= 15 is 0 Å². The number of ketones is 1. The van der Waals surface area contributed by atoms with Crippen molar-refractivity contribution in [2.75, 3.05) is 0 Å². The van der Waals surface area contributed by atoms with E-state index in [4.69, 9.17) is 5.21 Å². The van der Waals surface area contributed by atoms with Crippen LogP contribution in [0, 0.1) is 11.8 Å². The van der Waals surface area contributed by atoms with Crippen LogP contribution in [-0.4, -0.2) is 16.7 Å². The minimum Gasteiger partial charge on any atom is -0.411 e. The summed E-state index contributed by atoms with van der Waals surface area (Å²) in [5, 5.41) is 12.0. The van der Waals surface area contributed by atoms with E-state index in [1.54, 1.807) is 0 Å². The molecule has 0 bridgehead atoms. The number of carbonyl (C=O) groups is 1. The second-order valence-electron chi connectivity index (χ2n) is 4.86. The zero-order chi connectivity index (χ0) is 12.4. The summed E-state index contributed by atoms with van der Waals surface area (Å²) < 4.78 is 0. The van der Waals surface area contributed by atoms with Gasteiger partial charge in [-0.25, -0.2) is 0 Å². The Morgan fingerprint density at radius 3 is 2.53 bits per heavy atom. The quantitative estimate of drug-likeness (QED) is 0.492. The van der Waals surface area contributed by atoms with E-state index in [-0.39, 0.29) is 17.6 Å². The fourth-order valence-electron chi connectivity index (χ4n) is 2.19. The highest BCUT2D eigenvalue weighted by atomic mass is 16.4. The fourth-order valence-corrected chi connectivity index (χ4v) is 2.19. The van der Waals surface area contributed by atoms with Gasteiger partial charge in [0.25, 0.3) is 0 Å². The summed E-state index contributed by atoms with van der Waals surface area (Å²) in [5.74, 6) is 0.283. The lowest BCUT2D eigenvalue weighted by Crippen LogP contribution is -2.22. The molecule has 0 saturated heterocycles. The summed E-state index contributed by atoms with van der Waals surface area (Å²) in [4.78, 5) is 12.1. The molecule has 1 aromatic rings. The molecular weight excluding hydrogens is 214 g/mol. The third-order valence-corrected chi connectivity index (χ3v) is 3.26. The van der Waals surface area contributed by atoms with Gasteiger partial charge in [-0.05, 0) is 17.9 Å². The first kappa shape index (κ1) is 11.8. The van der Waals surface area contributed by atoms with Crippen LogP contribution < -0.4 is 0 Å². The summed E-state index contributed by atoms with van der Waals surface area (Å²) in [6, 6.07) is 10.0. The van der Waals surface area contributed by atoms with Gasteiger partial charge in [-0.3, -0.25) is 4.79 Å². The Morgan fingerprint density at radius 1 is 1.35 bits per heavy atom. The molecule has 17 heavy (non-hydrogen) atoms. The maximum atomic E-state index is 12.1. The molecule has 0 aliphatic heterocycles. The van der Waals surface area contributed by atoms with Crippen LogP contribution in [0.25, 0.3) is 0 Å². The Morgan fingerprint density at radius 2 is 2.00 bits per heavy atom. The van der Waals surface area contributed by atoms with Crippen molar-refractivity contribution in [1.29, 1.82) is 0 Å². The van der Waals surface area contributed by atoms with Gasteiger partial charge in [0.15, 0.2) is 5.78 Å². The Kier molecular flexibility index (Phi) is 3.27. The SMILES string of the molecule is CC(C)C(=NO)C(=O)C1CC1c1ccccc1. The van der Waals surface area contributed by atoms with Gasteiger partial charge in [-0.1, -0.05) is 49.3 Å². The molecule has 1 saturated carbocycles. The van der Waals surface area contributed by atoms with Crippen molar-refractivity contribution in [2.45, 2.75) is 26.2 Å². The zero-order valence-electron chi connectivity index (χ0n) is 10.1. The van der Waals surface area contributed by atoms with Crippen LogP contribution in [0.3, 0.4) is 0 Å². The van der Waals surface area contributed by atoms with Crippen molar-refractivity contribution < 1.29 is 10.0 Å². The smallest absolute Gasteiger partial charge is 0.184 e. The summed E-state index contributed by atoms with van der Waals surface area (Å²) in [6.07, 6.45) is 0.870. The van der Waals surface area contributed by atoms with Gasteiger partial charge in [0.1, 0.15) is 5.71 Å². The third kappa shape index (κ3) is 2.38. The van der Waals surface area contributed by atoms with E-state index < -0.39 is 0 Å². The number of benzene rings is 1. The second kappa shape index (κ2) is 4.70. The van der Waals surface area contributed by atoms with Crippen LogP contribution in [0.4, 0.5) is 0 Å². The number of Topliss-reactive ketones (excluding diaryl/α,β-unsaturated/α-hetero) is 1. The maximum absolute atomic E-state index is 12.1. The highest BCUT2D eigenvalue weighted by Gasteiger charge is 2.45. The summed E-state index contributed by atoms with van der Waals surface area (Å²) in [6.45, 7) is 3.74. The van der Waals surface area contributed by atoms with Gasteiger partial charge >= 0.3 is 0 Å². The van der Waals surface area contributed by atoms with Crippen molar-refractivity contribution in [3.63, 3.8) is 0 Å². The van der Waals surface area contributed by atoms with Crippen molar-refractivity contribution in [2.24, 2.45) is 17.0 Å². The van der Waals surface area contributed by atoms with Gasteiger partial charge in [0, 0.05) is 11.8 Å². The van der Waals surface area contributed by atoms with Crippen LogP contribution in [-0.2, 0) is 4.79 Å². The molecule has 2 unspecified atom stereocenters. The molecule has 1 aliphatic carbocycles. The van der Waals surface area contributed by atoms with E-state index in [1.165, 1.54) is 5.56 Å². The zero-order valence-corrected chi connectivity index (χ0v) is 10.1. The first-order valence-corrected chi connectivity index (χ1v) is 5.96. The molecule has 1 aliphatic rings. The predicted octanol–water partition coefficient (Wildman–Crippen LogP) is 2.85. The van der Waals surface area contributed by atoms with Crippen LogP contribution >= 0.6 is 0 Å².